The third kappa shape index (κ3) is 3.34. The molecule has 0 N–H and O–H groups in total. The molecule has 19 heavy (non-hydrogen) atoms. The van der Waals surface area contributed by atoms with E-state index in [2.05, 4.69) is 0 Å². The number of para-hydroxylation sites is 1. The molecule has 2 aromatic carbocycles. The molecule has 0 bridgehead atoms. The summed E-state index contributed by atoms with van der Waals surface area (Å²) in [5, 5.41) is 0.657. The minimum atomic E-state index is -4.00. The minimum absolute atomic E-state index is 0.0344. The quantitative estimate of drug-likeness (QED) is 0.779. The van der Waals surface area contributed by atoms with E-state index >= 15 is 0 Å². The highest BCUT2D eigenvalue weighted by atomic mass is 35.5. The van der Waals surface area contributed by atoms with E-state index in [4.69, 9.17) is 39.0 Å². The lowest BCUT2D eigenvalue weighted by molar-refractivity contribution is 0.486. The van der Waals surface area contributed by atoms with Gasteiger partial charge in [0, 0.05) is 5.02 Å². The molecule has 0 spiro atoms. The standard InChI is InChI=1S/C12H7Cl3O3S/c13-8-4-6-9(7-5-8)19(16,17)18-12-10(14)2-1-3-11(12)15/h1-7H. The fraction of sp³-hybridized carbons (Fsp3) is 0. The maximum atomic E-state index is 12.0. The predicted molar refractivity (Wildman–Crippen MR) is 75.7 cm³/mol. The lowest BCUT2D eigenvalue weighted by Gasteiger charge is -2.09. The molecule has 0 unspecified atom stereocenters. The van der Waals surface area contributed by atoms with Crippen LogP contribution in [0.25, 0.3) is 0 Å². The molecule has 0 saturated heterocycles. The van der Waals surface area contributed by atoms with Crippen molar-refractivity contribution in [2.45, 2.75) is 4.90 Å². The van der Waals surface area contributed by atoms with E-state index in [1.807, 2.05) is 0 Å². The Balaban J connectivity index is 2.39. The number of hydrogen-bond donors (Lipinski definition) is 0. The van der Waals surface area contributed by atoms with Crippen LogP contribution in [-0.4, -0.2) is 8.42 Å². The Labute approximate surface area is 125 Å². The Bertz CT molecular complexity index is 676. The zero-order chi connectivity index (χ0) is 14.0. The van der Waals surface area contributed by atoms with Gasteiger partial charge in [0.05, 0.1) is 10.0 Å². The molecule has 0 aromatic heterocycles. The highest BCUT2D eigenvalue weighted by molar-refractivity contribution is 7.87. The van der Waals surface area contributed by atoms with Crippen LogP contribution in [0, 0.1) is 0 Å². The average molecular weight is 338 g/mol. The van der Waals surface area contributed by atoms with Gasteiger partial charge in [-0.15, -0.1) is 0 Å². The fourth-order valence-electron chi connectivity index (χ4n) is 1.32. The summed E-state index contributed by atoms with van der Waals surface area (Å²) < 4.78 is 29.0. The summed E-state index contributed by atoms with van der Waals surface area (Å²) in [5.74, 6) is -0.0965. The van der Waals surface area contributed by atoms with Crippen molar-refractivity contribution in [3.63, 3.8) is 0 Å². The second kappa shape index (κ2) is 5.59. The van der Waals surface area contributed by atoms with Gasteiger partial charge in [0.25, 0.3) is 0 Å². The van der Waals surface area contributed by atoms with E-state index < -0.39 is 10.1 Å². The molecule has 2 aromatic rings. The van der Waals surface area contributed by atoms with E-state index in [1.165, 1.54) is 36.4 Å². The van der Waals surface area contributed by atoms with Crippen LogP contribution in [0.4, 0.5) is 0 Å². The lowest BCUT2D eigenvalue weighted by Crippen LogP contribution is -2.10. The Morgan fingerprint density at radius 1 is 0.842 bits per heavy atom. The Morgan fingerprint density at radius 3 is 1.89 bits per heavy atom. The Hall–Kier alpha value is -0.940. The third-order valence-electron chi connectivity index (χ3n) is 2.21. The molecular formula is C12H7Cl3O3S. The number of hydrogen-bond acceptors (Lipinski definition) is 3. The zero-order valence-electron chi connectivity index (χ0n) is 9.31. The molecule has 0 aliphatic carbocycles. The third-order valence-corrected chi connectivity index (χ3v) is 4.30. The highest BCUT2D eigenvalue weighted by Gasteiger charge is 2.20. The summed E-state index contributed by atoms with van der Waals surface area (Å²) in [4.78, 5) is -0.0344. The summed E-state index contributed by atoms with van der Waals surface area (Å²) >= 11 is 17.4. The van der Waals surface area contributed by atoms with Crippen LogP contribution < -0.4 is 4.18 Å². The van der Waals surface area contributed by atoms with Crippen LogP contribution in [-0.2, 0) is 10.1 Å². The maximum absolute atomic E-state index is 12.0. The van der Waals surface area contributed by atoms with Crippen molar-refractivity contribution in [2.75, 3.05) is 0 Å². The van der Waals surface area contributed by atoms with Gasteiger partial charge in [-0.05, 0) is 36.4 Å². The first kappa shape index (κ1) is 14.5. The molecule has 0 aliphatic heterocycles. The van der Waals surface area contributed by atoms with Gasteiger partial charge in [-0.1, -0.05) is 40.9 Å². The second-order valence-corrected chi connectivity index (χ2v) is 6.34. The van der Waals surface area contributed by atoms with Gasteiger partial charge in [-0.25, -0.2) is 0 Å². The zero-order valence-corrected chi connectivity index (χ0v) is 12.4. The van der Waals surface area contributed by atoms with Crippen LogP contribution >= 0.6 is 34.8 Å². The first-order chi connectivity index (χ1) is 8.90. The first-order valence-corrected chi connectivity index (χ1v) is 7.58. The van der Waals surface area contributed by atoms with Gasteiger partial charge in [0.15, 0.2) is 5.75 Å². The first-order valence-electron chi connectivity index (χ1n) is 5.04. The summed E-state index contributed by atoms with van der Waals surface area (Å²) in [6.07, 6.45) is 0. The van der Waals surface area contributed by atoms with Crippen LogP contribution in [0.3, 0.4) is 0 Å². The molecule has 0 saturated carbocycles. The summed E-state index contributed by atoms with van der Waals surface area (Å²) in [6.45, 7) is 0. The van der Waals surface area contributed by atoms with Gasteiger partial charge in [0.1, 0.15) is 4.90 Å². The van der Waals surface area contributed by atoms with Crippen molar-refractivity contribution in [1.82, 2.24) is 0 Å². The van der Waals surface area contributed by atoms with Crippen LogP contribution in [0.15, 0.2) is 47.4 Å². The van der Waals surface area contributed by atoms with Crippen molar-refractivity contribution < 1.29 is 12.6 Å². The molecule has 100 valence electrons. The Kier molecular flexibility index (Phi) is 4.26. The SMILES string of the molecule is O=S(=O)(Oc1c(Cl)cccc1Cl)c1ccc(Cl)cc1. The summed E-state index contributed by atoms with van der Waals surface area (Å²) in [5.41, 5.74) is 0. The minimum Gasteiger partial charge on any atom is -0.376 e. The molecule has 7 heteroatoms. The number of benzene rings is 2. The summed E-state index contributed by atoms with van der Waals surface area (Å²) in [7, 11) is -4.00. The van der Waals surface area contributed by atoms with Crippen molar-refractivity contribution >= 4 is 44.9 Å². The van der Waals surface area contributed by atoms with E-state index in [9.17, 15) is 8.42 Å². The molecule has 0 aliphatic rings. The van der Waals surface area contributed by atoms with Crippen molar-refractivity contribution in [3.8, 4) is 5.75 Å². The van der Waals surface area contributed by atoms with E-state index in [0.717, 1.165) is 0 Å². The van der Waals surface area contributed by atoms with Crippen LogP contribution in [0.2, 0.25) is 15.1 Å². The van der Waals surface area contributed by atoms with E-state index in [1.54, 1.807) is 6.07 Å². The largest absolute Gasteiger partial charge is 0.376 e. The summed E-state index contributed by atoms with van der Waals surface area (Å²) in [6, 6.07) is 10.1. The second-order valence-electron chi connectivity index (χ2n) is 3.54. The molecule has 2 rings (SSSR count). The van der Waals surface area contributed by atoms with Crippen molar-refractivity contribution in [3.05, 3.63) is 57.5 Å². The molecular weight excluding hydrogens is 331 g/mol. The van der Waals surface area contributed by atoms with Crippen LogP contribution in [0.5, 0.6) is 5.75 Å². The molecule has 0 heterocycles. The molecule has 0 fully saturated rings. The topological polar surface area (TPSA) is 43.4 Å². The molecule has 3 nitrogen and oxygen atoms in total. The molecule has 0 amide bonds. The maximum Gasteiger partial charge on any atom is 0.339 e. The normalized spacial score (nSPS) is 11.3. The van der Waals surface area contributed by atoms with Gasteiger partial charge in [0.2, 0.25) is 0 Å². The number of rotatable bonds is 3. The van der Waals surface area contributed by atoms with Gasteiger partial charge in [-0.3, -0.25) is 0 Å². The van der Waals surface area contributed by atoms with E-state index in [-0.39, 0.29) is 20.7 Å². The average Bonchev–Trinajstić information content (AvgIpc) is 2.35. The molecule has 0 atom stereocenters. The monoisotopic (exact) mass is 336 g/mol. The lowest BCUT2D eigenvalue weighted by atomic mass is 10.3. The number of halogens is 3. The van der Waals surface area contributed by atoms with Crippen molar-refractivity contribution in [1.29, 1.82) is 0 Å². The predicted octanol–water partition coefficient (Wildman–Crippen LogP) is 4.41. The Morgan fingerprint density at radius 2 is 1.37 bits per heavy atom. The van der Waals surface area contributed by atoms with Crippen molar-refractivity contribution in [2.24, 2.45) is 0 Å². The van der Waals surface area contributed by atoms with Gasteiger partial charge in [-0.2, -0.15) is 8.42 Å². The highest BCUT2D eigenvalue weighted by Crippen LogP contribution is 2.34. The smallest absolute Gasteiger partial charge is 0.339 e. The van der Waals surface area contributed by atoms with Gasteiger partial charge < -0.3 is 4.18 Å². The van der Waals surface area contributed by atoms with Gasteiger partial charge >= 0.3 is 10.1 Å². The van der Waals surface area contributed by atoms with Crippen LogP contribution in [0.1, 0.15) is 0 Å². The molecule has 0 radical (unpaired) electrons. The van der Waals surface area contributed by atoms with E-state index in [0.29, 0.717) is 5.02 Å². The fourth-order valence-corrected chi connectivity index (χ4v) is 2.98.